The fraction of sp³-hybridized carbons (Fsp3) is 0.348. The SMILES string of the molecule is C[C@]1(CCc2ccc3ccc(N)nc3n2)C[C@@H](n2ccc3c(N)ccnc32)[C@H](O)[C@@H]1O. The molecule has 0 spiro atoms. The number of fused-ring (bicyclic) bond motifs is 2. The van der Waals surface area contributed by atoms with Crippen molar-refractivity contribution in [3.05, 3.63) is 54.5 Å². The molecule has 1 fully saturated rings. The predicted octanol–water partition coefficient (Wildman–Crippen LogP) is 2.45. The summed E-state index contributed by atoms with van der Waals surface area (Å²) in [7, 11) is 0. The Morgan fingerprint density at radius 2 is 1.90 bits per heavy atom. The molecule has 0 radical (unpaired) electrons. The van der Waals surface area contributed by atoms with E-state index in [0.29, 0.717) is 36.4 Å². The summed E-state index contributed by atoms with van der Waals surface area (Å²) in [6, 6.07) is 11.0. The highest BCUT2D eigenvalue weighted by molar-refractivity contribution is 5.88. The van der Waals surface area contributed by atoms with Crippen LogP contribution in [0.1, 0.15) is 31.5 Å². The number of rotatable bonds is 4. The zero-order chi connectivity index (χ0) is 21.8. The van der Waals surface area contributed by atoms with Crippen LogP contribution in [0.2, 0.25) is 0 Å². The maximum absolute atomic E-state index is 10.9. The summed E-state index contributed by atoms with van der Waals surface area (Å²) in [6.45, 7) is 2.02. The van der Waals surface area contributed by atoms with Crippen LogP contribution in [0.4, 0.5) is 11.5 Å². The van der Waals surface area contributed by atoms with Gasteiger partial charge in [-0.25, -0.2) is 15.0 Å². The van der Waals surface area contributed by atoms with Gasteiger partial charge in [-0.05, 0) is 61.1 Å². The van der Waals surface area contributed by atoms with Gasteiger partial charge in [-0.1, -0.05) is 6.92 Å². The molecule has 0 aromatic carbocycles. The number of nitrogen functional groups attached to an aromatic ring is 2. The van der Waals surface area contributed by atoms with Crippen molar-refractivity contribution in [2.75, 3.05) is 11.5 Å². The second-order valence-corrected chi connectivity index (χ2v) is 8.81. The van der Waals surface area contributed by atoms with Gasteiger partial charge in [0.2, 0.25) is 0 Å². The molecule has 0 saturated heterocycles. The fourth-order valence-corrected chi connectivity index (χ4v) is 4.81. The van der Waals surface area contributed by atoms with E-state index < -0.39 is 17.6 Å². The molecule has 8 heteroatoms. The monoisotopic (exact) mass is 418 g/mol. The summed E-state index contributed by atoms with van der Waals surface area (Å²) < 4.78 is 1.94. The van der Waals surface area contributed by atoms with E-state index in [1.807, 2.05) is 42.0 Å². The second-order valence-electron chi connectivity index (χ2n) is 8.81. The van der Waals surface area contributed by atoms with Crippen molar-refractivity contribution in [2.45, 2.75) is 44.4 Å². The first-order chi connectivity index (χ1) is 14.9. The van der Waals surface area contributed by atoms with Gasteiger partial charge in [0.15, 0.2) is 5.65 Å². The summed E-state index contributed by atoms with van der Waals surface area (Å²) in [5.74, 6) is 0.439. The lowest BCUT2D eigenvalue weighted by atomic mass is 9.81. The second kappa shape index (κ2) is 7.18. The summed E-state index contributed by atoms with van der Waals surface area (Å²) in [5.41, 5.74) is 14.3. The topological polar surface area (TPSA) is 136 Å². The number of hydrogen-bond donors (Lipinski definition) is 4. The van der Waals surface area contributed by atoms with Crippen LogP contribution >= 0.6 is 0 Å². The number of nitrogens with two attached hydrogens (primary N) is 2. The van der Waals surface area contributed by atoms with E-state index in [4.69, 9.17) is 11.5 Å². The summed E-state index contributed by atoms with van der Waals surface area (Å²) in [4.78, 5) is 13.4. The molecular weight excluding hydrogens is 392 g/mol. The minimum Gasteiger partial charge on any atom is -0.398 e. The van der Waals surface area contributed by atoms with Crippen LogP contribution < -0.4 is 11.5 Å². The summed E-state index contributed by atoms with van der Waals surface area (Å²) >= 11 is 0. The molecule has 0 amide bonds. The Bertz CT molecular complexity index is 1270. The van der Waals surface area contributed by atoms with Crippen molar-refractivity contribution >= 4 is 33.6 Å². The average Bonchev–Trinajstić information content (AvgIpc) is 3.28. The highest BCUT2D eigenvalue weighted by Crippen LogP contribution is 2.48. The summed E-state index contributed by atoms with van der Waals surface area (Å²) in [6.07, 6.45) is 3.77. The molecule has 5 rings (SSSR count). The van der Waals surface area contributed by atoms with Crippen LogP contribution in [-0.2, 0) is 6.42 Å². The molecule has 4 aromatic heterocycles. The Morgan fingerprint density at radius 1 is 1.10 bits per heavy atom. The summed E-state index contributed by atoms with van der Waals surface area (Å²) in [5, 5.41) is 23.6. The molecule has 160 valence electrons. The largest absolute Gasteiger partial charge is 0.398 e. The molecular formula is C23H26N6O2. The van der Waals surface area contributed by atoms with Gasteiger partial charge in [0.05, 0.1) is 12.1 Å². The normalized spacial score (nSPS) is 26.1. The first-order valence-electron chi connectivity index (χ1n) is 10.4. The number of pyridine rings is 3. The number of aryl methyl sites for hydroxylation is 1. The van der Waals surface area contributed by atoms with Crippen molar-refractivity contribution in [1.29, 1.82) is 0 Å². The van der Waals surface area contributed by atoms with E-state index in [1.165, 1.54) is 0 Å². The predicted molar refractivity (Wildman–Crippen MR) is 120 cm³/mol. The van der Waals surface area contributed by atoms with Crippen LogP contribution in [0.3, 0.4) is 0 Å². The first kappa shape index (κ1) is 19.7. The van der Waals surface area contributed by atoms with Crippen molar-refractivity contribution in [2.24, 2.45) is 5.41 Å². The molecule has 31 heavy (non-hydrogen) atoms. The number of aliphatic hydroxyl groups excluding tert-OH is 2. The van der Waals surface area contributed by atoms with Gasteiger partial charge in [0.25, 0.3) is 0 Å². The third-order valence-electron chi connectivity index (χ3n) is 6.70. The number of aromatic nitrogens is 4. The van der Waals surface area contributed by atoms with Gasteiger partial charge in [-0.15, -0.1) is 0 Å². The Labute approximate surface area is 179 Å². The Kier molecular flexibility index (Phi) is 4.56. The van der Waals surface area contributed by atoms with Gasteiger partial charge in [0, 0.05) is 34.5 Å². The zero-order valence-electron chi connectivity index (χ0n) is 17.3. The standard InChI is InChI=1S/C23H26N6O2/c1-23(9-6-14-4-2-13-3-5-18(25)28-21(13)27-14)12-17(19(30)20(23)31)29-11-8-15-16(24)7-10-26-22(15)29/h2-5,7-8,10-11,17,19-20,30-31H,6,9,12H2,1H3,(H2,24,26)(H2,25,27,28)/t17-,19+,20+,23+/m1/s1. The minimum atomic E-state index is -0.894. The highest BCUT2D eigenvalue weighted by Gasteiger charge is 2.50. The molecule has 4 aromatic rings. The van der Waals surface area contributed by atoms with E-state index in [1.54, 1.807) is 18.3 Å². The van der Waals surface area contributed by atoms with E-state index in [2.05, 4.69) is 15.0 Å². The average molecular weight is 419 g/mol. The number of hydrogen-bond acceptors (Lipinski definition) is 7. The van der Waals surface area contributed by atoms with Gasteiger partial charge >= 0.3 is 0 Å². The van der Waals surface area contributed by atoms with Crippen molar-refractivity contribution in [1.82, 2.24) is 19.5 Å². The zero-order valence-corrected chi connectivity index (χ0v) is 17.3. The fourth-order valence-electron chi connectivity index (χ4n) is 4.81. The molecule has 1 saturated carbocycles. The Hall–Kier alpha value is -3.23. The number of aliphatic hydroxyl groups is 2. The van der Waals surface area contributed by atoms with Gasteiger partial charge in [-0.3, -0.25) is 0 Å². The van der Waals surface area contributed by atoms with E-state index in [9.17, 15) is 10.2 Å². The molecule has 6 N–H and O–H groups in total. The lowest BCUT2D eigenvalue weighted by molar-refractivity contribution is -0.0242. The maximum atomic E-state index is 10.9. The third-order valence-corrected chi connectivity index (χ3v) is 6.70. The van der Waals surface area contributed by atoms with Crippen molar-refractivity contribution in [3.63, 3.8) is 0 Å². The molecule has 8 nitrogen and oxygen atoms in total. The third kappa shape index (κ3) is 3.28. The molecule has 4 heterocycles. The van der Waals surface area contributed by atoms with Gasteiger partial charge in [-0.2, -0.15) is 0 Å². The Morgan fingerprint density at radius 3 is 2.74 bits per heavy atom. The Balaban J connectivity index is 1.39. The van der Waals surface area contributed by atoms with E-state index in [-0.39, 0.29) is 6.04 Å². The van der Waals surface area contributed by atoms with Crippen LogP contribution in [0, 0.1) is 5.41 Å². The maximum Gasteiger partial charge on any atom is 0.161 e. The minimum absolute atomic E-state index is 0.280. The molecule has 1 aliphatic rings. The molecule has 1 aliphatic carbocycles. The molecule has 0 unspecified atom stereocenters. The highest BCUT2D eigenvalue weighted by atomic mass is 16.3. The van der Waals surface area contributed by atoms with Crippen LogP contribution in [0.5, 0.6) is 0 Å². The molecule has 4 atom stereocenters. The van der Waals surface area contributed by atoms with Crippen LogP contribution in [0.15, 0.2) is 48.8 Å². The molecule has 0 aliphatic heterocycles. The number of anilines is 2. The van der Waals surface area contributed by atoms with Gasteiger partial charge < -0.3 is 26.2 Å². The lowest BCUT2D eigenvalue weighted by Crippen LogP contribution is -2.35. The smallest absolute Gasteiger partial charge is 0.161 e. The van der Waals surface area contributed by atoms with Crippen LogP contribution in [0.25, 0.3) is 22.1 Å². The van der Waals surface area contributed by atoms with Gasteiger partial charge in [0.1, 0.15) is 17.6 Å². The molecule has 0 bridgehead atoms. The number of nitrogens with zero attached hydrogens (tertiary/aromatic N) is 4. The van der Waals surface area contributed by atoms with Crippen LogP contribution in [-0.4, -0.2) is 41.9 Å². The van der Waals surface area contributed by atoms with E-state index >= 15 is 0 Å². The first-order valence-corrected chi connectivity index (χ1v) is 10.4. The van der Waals surface area contributed by atoms with Crippen molar-refractivity contribution < 1.29 is 10.2 Å². The lowest BCUT2D eigenvalue weighted by Gasteiger charge is -2.28. The van der Waals surface area contributed by atoms with E-state index in [0.717, 1.165) is 22.1 Å². The quantitative estimate of drug-likeness (QED) is 0.400. The van der Waals surface area contributed by atoms with Crippen molar-refractivity contribution in [3.8, 4) is 0 Å².